The van der Waals surface area contributed by atoms with E-state index in [0.717, 1.165) is 0 Å². The molecule has 5 aliphatic rings. The van der Waals surface area contributed by atoms with Gasteiger partial charge < -0.3 is 57.4 Å². The van der Waals surface area contributed by atoms with Crippen LogP contribution in [0, 0.1) is 11.8 Å². The smallest absolute Gasteiger partial charge is 0.493 e. The third kappa shape index (κ3) is 5.37. The van der Waals surface area contributed by atoms with E-state index >= 15 is 0 Å². The molecule has 0 amide bonds. The van der Waals surface area contributed by atoms with Gasteiger partial charge in [0.2, 0.25) is 12.5 Å². The van der Waals surface area contributed by atoms with Gasteiger partial charge >= 0.3 is 13.8 Å². The Labute approximate surface area is 264 Å². The van der Waals surface area contributed by atoms with E-state index in [2.05, 4.69) is 0 Å². The van der Waals surface area contributed by atoms with Gasteiger partial charge in [0, 0.05) is 11.8 Å². The second-order valence-corrected chi connectivity index (χ2v) is 12.5. The second-order valence-electron chi connectivity index (χ2n) is 11.3. The number of cyclic esters (lactones) is 1. The van der Waals surface area contributed by atoms with Crippen LogP contribution in [0.2, 0.25) is 0 Å². The number of carbonyl (C=O) groups is 1. The topological polar surface area (TPSA) is 207 Å². The number of methoxy groups -OCH3 is 2. The number of esters is 1. The first kappa shape index (κ1) is 29.0. The van der Waals surface area contributed by atoms with E-state index in [1.165, 1.54) is 33.3 Å². The molecule has 46 heavy (non-hydrogen) atoms. The van der Waals surface area contributed by atoms with Gasteiger partial charge in [0.05, 0.1) is 42.1 Å². The molecule has 250 valence electrons. The van der Waals surface area contributed by atoms with Crippen LogP contribution < -0.4 is 23.5 Å². The molecule has 4 N–H and O–H groups in total. The van der Waals surface area contributed by atoms with E-state index in [4.69, 9.17) is 49.9 Å². The number of aliphatic hydroxyl groups is 2. The Balaban J connectivity index is 1.33. The molecule has 2 aromatic carbocycles. The lowest BCUT2D eigenvalue weighted by Gasteiger charge is -2.47. The molecular weight excluding hydrogens is 635 g/mol. The van der Waals surface area contributed by atoms with Crippen molar-refractivity contribution >= 4 is 13.8 Å². The molecule has 4 heterocycles. The fraction of sp³-hybridized carbons (Fsp3) is 0.552. The van der Waals surface area contributed by atoms with Crippen molar-refractivity contribution < 1.29 is 79.3 Å². The van der Waals surface area contributed by atoms with Gasteiger partial charge in [-0.25, -0.2) is 4.57 Å². The van der Waals surface area contributed by atoms with Gasteiger partial charge in [0.25, 0.3) is 0 Å². The highest BCUT2D eigenvalue weighted by Crippen LogP contribution is 2.57. The van der Waals surface area contributed by atoms with Gasteiger partial charge in [-0.3, -0.25) is 14.6 Å². The second kappa shape index (κ2) is 11.8. The van der Waals surface area contributed by atoms with E-state index in [-0.39, 0.29) is 30.6 Å². The van der Waals surface area contributed by atoms with Gasteiger partial charge in [-0.2, -0.15) is 0 Å². The fourth-order valence-corrected chi connectivity index (χ4v) is 7.15. The standard InChI is InChI=1S/C29H33O16P/c1-11-38-9-20-27(42-11)23(30)24(31)29(43-20)44-25-14-7-17-16(40-10-41-17)6-13(14)21(22-15(25)8-39-28(22)32)12-4-18(36-2)26(19(5-12)37-3)45-46(33,34)35/h4-7,11,15,20-25,27,29-31H,8-10H2,1-3H3,(H2,33,34,35)/t11-,15+,20-,21-,22+,23-,24-,25-,27-,29+/m1/s1/i9D2. The highest BCUT2D eigenvalue weighted by molar-refractivity contribution is 7.46. The number of carbonyl (C=O) groups excluding carboxylic acids is 1. The van der Waals surface area contributed by atoms with E-state index in [0.29, 0.717) is 28.2 Å². The van der Waals surface area contributed by atoms with Crippen molar-refractivity contribution in [2.45, 2.75) is 55.9 Å². The number of hydrogen-bond acceptors (Lipinski definition) is 14. The zero-order valence-electron chi connectivity index (χ0n) is 26.6. The summed E-state index contributed by atoms with van der Waals surface area (Å²) >= 11 is 0. The maximum atomic E-state index is 13.5. The molecule has 0 saturated carbocycles. The van der Waals surface area contributed by atoms with Crippen molar-refractivity contribution in [2.24, 2.45) is 11.8 Å². The molecule has 0 unspecified atom stereocenters. The van der Waals surface area contributed by atoms with Crippen LogP contribution in [0.4, 0.5) is 0 Å². The minimum absolute atomic E-state index is 0.0768. The molecule has 16 nitrogen and oxygen atoms in total. The van der Waals surface area contributed by atoms with Crippen LogP contribution in [0.25, 0.3) is 0 Å². The molecule has 7 rings (SSSR count). The summed E-state index contributed by atoms with van der Waals surface area (Å²) in [5.41, 5.74) is 1.42. The molecule has 3 fully saturated rings. The van der Waals surface area contributed by atoms with Crippen molar-refractivity contribution in [3.8, 4) is 28.7 Å². The van der Waals surface area contributed by atoms with Gasteiger partial charge in [-0.1, -0.05) is 0 Å². The molecule has 17 heteroatoms. The summed E-state index contributed by atoms with van der Waals surface area (Å²) in [5, 5.41) is 22.1. The summed E-state index contributed by atoms with van der Waals surface area (Å²) < 4.78 is 84.2. The Kier molecular flexibility index (Phi) is 7.44. The molecule has 2 aromatic rings. The van der Waals surface area contributed by atoms with Gasteiger partial charge in [-0.15, -0.1) is 0 Å². The third-order valence-corrected chi connectivity index (χ3v) is 9.12. The van der Waals surface area contributed by atoms with E-state index < -0.39 is 81.2 Å². The third-order valence-electron chi connectivity index (χ3n) is 8.70. The van der Waals surface area contributed by atoms with E-state index in [1.54, 1.807) is 12.1 Å². The van der Waals surface area contributed by atoms with Crippen LogP contribution in [0.1, 0.15) is 38.4 Å². The van der Waals surface area contributed by atoms with Crippen molar-refractivity contribution in [1.82, 2.24) is 0 Å². The predicted octanol–water partition coefficient (Wildman–Crippen LogP) is 1.10. The Hall–Kier alpha value is -3.18. The quantitative estimate of drug-likeness (QED) is 0.240. The minimum Gasteiger partial charge on any atom is -0.493 e. The van der Waals surface area contributed by atoms with Crippen LogP contribution >= 0.6 is 7.82 Å². The van der Waals surface area contributed by atoms with Crippen molar-refractivity contribution in [3.05, 3.63) is 41.0 Å². The summed E-state index contributed by atoms with van der Waals surface area (Å²) in [7, 11) is -2.49. The van der Waals surface area contributed by atoms with Gasteiger partial charge in [0.1, 0.15) is 24.4 Å². The highest BCUT2D eigenvalue weighted by Gasteiger charge is 2.56. The number of phosphoric acid groups is 1. The summed E-state index contributed by atoms with van der Waals surface area (Å²) in [6, 6.07) is 6.27. The fourth-order valence-electron chi connectivity index (χ4n) is 6.73. The van der Waals surface area contributed by atoms with Crippen LogP contribution in [0.3, 0.4) is 0 Å². The Morgan fingerprint density at radius 2 is 1.63 bits per heavy atom. The lowest BCUT2D eigenvalue weighted by molar-refractivity contribution is -0.364. The maximum Gasteiger partial charge on any atom is 0.525 e. The number of phosphoric ester groups is 1. The number of hydrogen-bond donors (Lipinski definition) is 4. The zero-order chi connectivity index (χ0) is 34.3. The Morgan fingerprint density at radius 3 is 2.28 bits per heavy atom. The molecule has 0 bridgehead atoms. The van der Waals surface area contributed by atoms with E-state index in [1.807, 2.05) is 0 Å². The maximum absolute atomic E-state index is 13.5. The first-order valence-corrected chi connectivity index (χ1v) is 15.8. The average molecular weight is 671 g/mol. The van der Waals surface area contributed by atoms with Crippen LogP contribution in [-0.2, 0) is 33.0 Å². The van der Waals surface area contributed by atoms with Crippen LogP contribution in [0.15, 0.2) is 24.3 Å². The number of fused-ring (bicyclic) bond motifs is 4. The van der Waals surface area contributed by atoms with Gasteiger partial charge in [-0.05, 0) is 47.9 Å². The average Bonchev–Trinajstić information content (AvgIpc) is 3.64. The molecule has 0 radical (unpaired) electrons. The lowest BCUT2D eigenvalue weighted by Crippen LogP contribution is -2.63. The van der Waals surface area contributed by atoms with Crippen LogP contribution in [-0.4, -0.2) is 97.1 Å². The van der Waals surface area contributed by atoms with Crippen molar-refractivity contribution in [3.63, 3.8) is 0 Å². The van der Waals surface area contributed by atoms with Gasteiger partial charge in [0.15, 0.2) is 35.6 Å². The predicted molar refractivity (Wildman–Crippen MR) is 149 cm³/mol. The monoisotopic (exact) mass is 670 g/mol. The first-order chi connectivity index (χ1) is 22.7. The molecule has 0 aromatic heterocycles. The normalized spacial score (nSPS) is 36.4. The Morgan fingerprint density at radius 1 is 0.957 bits per heavy atom. The number of benzene rings is 2. The summed E-state index contributed by atoms with van der Waals surface area (Å²) in [6.45, 7) is -1.15. The summed E-state index contributed by atoms with van der Waals surface area (Å²) in [6.07, 6.45) is -9.69. The largest absolute Gasteiger partial charge is 0.525 e. The van der Waals surface area contributed by atoms with Crippen LogP contribution in [0.5, 0.6) is 28.7 Å². The van der Waals surface area contributed by atoms with E-state index in [9.17, 15) is 29.4 Å². The summed E-state index contributed by atoms with van der Waals surface area (Å²) in [5.74, 6) is -2.81. The lowest BCUT2D eigenvalue weighted by atomic mass is 9.66. The van der Waals surface area contributed by atoms with Crippen molar-refractivity contribution in [1.29, 1.82) is 0 Å². The van der Waals surface area contributed by atoms with Crippen molar-refractivity contribution in [2.75, 3.05) is 34.2 Å². The molecule has 10 atom stereocenters. The Bertz CT molecular complexity index is 1630. The summed E-state index contributed by atoms with van der Waals surface area (Å²) in [4.78, 5) is 32.5. The molecule has 4 aliphatic heterocycles. The molecule has 3 saturated heterocycles. The molecule has 0 spiro atoms. The SMILES string of the molecule is [2H]C1([2H])O[C@@H](C)O[C@H]2[C@H](O)[C@@H](O)[C@H](O[C@@H]3c4cc5c(cc4[C@@H](c4cc(OC)c(OP(=O)(O)O)c(OC)c4)[C@H]4C(=O)OC[C@@H]43)OCO5)O[C@@H]21. The number of aliphatic hydroxyl groups excluding tert-OH is 2. The molecule has 1 aliphatic carbocycles. The number of rotatable bonds is 7. The first-order valence-electron chi connectivity index (χ1n) is 15.3. The highest BCUT2D eigenvalue weighted by atomic mass is 31.2. The minimum atomic E-state index is -5.03. The number of ether oxygens (including phenoxy) is 9. The zero-order valence-corrected chi connectivity index (χ0v) is 25.5. The molecular formula is C29H33O16P.